The first kappa shape index (κ1) is 13.7. The van der Waals surface area contributed by atoms with Crippen molar-refractivity contribution in [3.05, 3.63) is 21.4 Å². The molecule has 0 aromatic carbocycles. The summed E-state index contributed by atoms with van der Waals surface area (Å²) in [4.78, 5) is 24.0. The Labute approximate surface area is 103 Å². The van der Waals surface area contributed by atoms with E-state index in [-0.39, 0.29) is 18.9 Å². The Morgan fingerprint density at radius 1 is 1.47 bits per heavy atom. The van der Waals surface area contributed by atoms with Gasteiger partial charge < -0.3 is 15.5 Å². The number of carboxylic acids is 1. The Morgan fingerprint density at radius 3 is 2.59 bits per heavy atom. The van der Waals surface area contributed by atoms with Gasteiger partial charge in [-0.1, -0.05) is 0 Å². The Hall–Kier alpha value is -1.40. The first-order chi connectivity index (χ1) is 7.91. The van der Waals surface area contributed by atoms with Crippen molar-refractivity contribution < 1.29 is 19.8 Å². The van der Waals surface area contributed by atoms with E-state index < -0.39 is 12.1 Å². The molecule has 0 saturated heterocycles. The molecule has 0 fully saturated rings. The number of hydrogen-bond donors (Lipinski definition) is 3. The third-order valence-electron chi connectivity index (χ3n) is 2.27. The standard InChI is InChI=1S/C11H15NO4S/c1-6-5-8(7(2)17-6)10(14)12-4-3-9(13)11(15)16/h5,9,13H,3-4H2,1-2H3,(H,12,14)(H,15,16)/t9-/m0/s1. The van der Waals surface area contributed by atoms with Crippen LogP contribution >= 0.6 is 11.3 Å². The predicted octanol–water partition coefficient (Wildman–Crippen LogP) is 0.930. The van der Waals surface area contributed by atoms with Crippen LogP contribution < -0.4 is 5.32 Å². The molecule has 3 N–H and O–H groups in total. The monoisotopic (exact) mass is 257 g/mol. The molecule has 0 aliphatic heterocycles. The van der Waals surface area contributed by atoms with Gasteiger partial charge in [-0.05, 0) is 19.9 Å². The molecule has 1 amide bonds. The molecular weight excluding hydrogens is 242 g/mol. The number of carboxylic acid groups (broad SMARTS) is 1. The van der Waals surface area contributed by atoms with E-state index in [1.165, 1.54) is 11.3 Å². The maximum Gasteiger partial charge on any atom is 0.332 e. The summed E-state index contributed by atoms with van der Waals surface area (Å²) < 4.78 is 0. The average molecular weight is 257 g/mol. The second kappa shape index (κ2) is 5.79. The van der Waals surface area contributed by atoms with Crippen molar-refractivity contribution in [2.24, 2.45) is 0 Å². The fourth-order valence-electron chi connectivity index (χ4n) is 1.40. The molecule has 0 spiro atoms. The van der Waals surface area contributed by atoms with Gasteiger partial charge in [-0.2, -0.15) is 0 Å². The van der Waals surface area contributed by atoms with Gasteiger partial charge in [-0.3, -0.25) is 4.79 Å². The second-order valence-corrected chi connectivity index (χ2v) is 5.19. The van der Waals surface area contributed by atoms with E-state index in [9.17, 15) is 9.59 Å². The minimum absolute atomic E-state index is 0.00321. The molecule has 5 nitrogen and oxygen atoms in total. The lowest BCUT2D eigenvalue weighted by atomic mass is 10.2. The molecule has 0 bridgehead atoms. The minimum Gasteiger partial charge on any atom is -0.479 e. The zero-order chi connectivity index (χ0) is 13.0. The minimum atomic E-state index is -1.43. The molecule has 1 heterocycles. The van der Waals surface area contributed by atoms with E-state index >= 15 is 0 Å². The van der Waals surface area contributed by atoms with Gasteiger partial charge in [0.25, 0.3) is 5.91 Å². The van der Waals surface area contributed by atoms with Crippen molar-refractivity contribution in [3.63, 3.8) is 0 Å². The number of aryl methyl sites for hydroxylation is 2. The molecule has 1 rings (SSSR count). The summed E-state index contributed by atoms with van der Waals surface area (Å²) in [5.41, 5.74) is 0.609. The van der Waals surface area contributed by atoms with Crippen molar-refractivity contribution >= 4 is 23.2 Å². The van der Waals surface area contributed by atoms with Crippen molar-refractivity contribution in [1.82, 2.24) is 5.32 Å². The number of nitrogens with one attached hydrogen (secondary N) is 1. The molecule has 0 aliphatic carbocycles. The van der Waals surface area contributed by atoms with E-state index in [1.54, 1.807) is 6.07 Å². The third kappa shape index (κ3) is 3.83. The van der Waals surface area contributed by atoms with E-state index in [2.05, 4.69) is 5.32 Å². The molecule has 0 unspecified atom stereocenters. The van der Waals surface area contributed by atoms with Gasteiger partial charge in [0.05, 0.1) is 5.56 Å². The van der Waals surface area contributed by atoms with Gasteiger partial charge in [0.2, 0.25) is 0 Å². The molecule has 1 atom stereocenters. The fourth-order valence-corrected chi connectivity index (χ4v) is 2.32. The second-order valence-electron chi connectivity index (χ2n) is 3.73. The highest BCUT2D eigenvalue weighted by atomic mass is 32.1. The van der Waals surface area contributed by atoms with Gasteiger partial charge in [0, 0.05) is 22.7 Å². The summed E-state index contributed by atoms with van der Waals surface area (Å²) in [6.45, 7) is 3.92. The van der Waals surface area contributed by atoms with Crippen LogP contribution in [0, 0.1) is 13.8 Å². The Bertz CT molecular complexity index is 427. The Balaban J connectivity index is 2.45. The number of rotatable bonds is 5. The summed E-state index contributed by atoms with van der Waals surface area (Å²) in [6.07, 6.45) is -1.43. The first-order valence-electron chi connectivity index (χ1n) is 5.18. The van der Waals surface area contributed by atoms with Gasteiger partial charge in [0.15, 0.2) is 6.10 Å². The number of aliphatic hydroxyl groups excluding tert-OH is 1. The van der Waals surface area contributed by atoms with Crippen molar-refractivity contribution in [3.8, 4) is 0 Å². The zero-order valence-electron chi connectivity index (χ0n) is 9.69. The highest BCUT2D eigenvalue weighted by Gasteiger charge is 2.15. The van der Waals surface area contributed by atoms with Crippen LogP contribution in [0.4, 0.5) is 0 Å². The molecule has 6 heteroatoms. The third-order valence-corrected chi connectivity index (χ3v) is 3.24. The van der Waals surface area contributed by atoms with Crippen LogP contribution in [0.1, 0.15) is 26.5 Å². The summed E-state index contributed by atoms with van der Waals surface area (Å²) in [5, 5.41) is 20.1. The SMILES string of the molecule is Cc1cc(C(=O)NCC[C@H](O)C(=O)O)c(C)s1. The number of carbonyl (C=O) groups is 2. The Morgan fingerprint density at radius 2 is 2.12 bits per heavy atom. The van der Waals surface area contributed by atoms with Crippen LogP contribution in [0.25, 0.3) is 0 Å². The van der Waals surface area contributed by atoms with Crippen LogP contribution in [0.5, 0.6) is 0 Å². The molecule has 1 aromatic heterocycles. The maximum atomic E-state index is 11.7. The van der Waals surface area contributed by atoms with Crippen LogP contribution in [0.2, 0.25) is 0 Å². The van der Waals surface area contributed by atoms with Gasteiger partial charge in [0.1, 0.15) is 0 Å². The molecule has 17 heavy (non-hydrogen) atoms. The van der Waals surface area contributed by atoms with Crippen molar-refractivity contribution in [1.29, 1.82) is 0 Å². The van der Waals surface area contributed by atoms with Crippen LogP contribution in [-0.2, 0) is 4.79 Å². The molecule has 0 aliphatic rings. The lowest BCUT2D eigenvalue weighted by molar-refractivity contribution is -0.146. The maximum absolute atomic E-state index is 11.7. The smallest absolute Gasteiger partial charge is 0.332 e. The van der Waals surface area contributed by atoms with E-state index in [1.807, 2.05) is 13.8 Å². The molecule has 0 saturated carbocycles. The van der Waals surface area contributed by atoms with E-state index in [0.29, 0.717) is 5.56 Å². The molecular formula is C11H15NO4S. The van der Waals surface area contributed by atoms with Crippen LogP contribution in [0.15, 0.2) is 6.07 Å². The summed E-state index contributed by atoms with van der Waals surface area (Å²) in [5.74, 6) is -1.51. The summed E-state index contributed by atoms with van der Waals surface area (Å²) >= 11 is 1.54. The van der Waals surface area contributed by atoms with E-state index in [4.69, 9.17) is 10.2 Å². The van der Waals surface area contributed by atoms with Crippen LogP contribution in [0.3, 0.4) is 0 Å². The number of aliphatic hydroxyl groups is 1. The zero-order valence-corrected chi connectivity index (χ0v) is 10.5. The quantitative estimate of drug-likeness (QED) is 0.732. The highest BCUT2D eigenvalue weighted by Crippen LogP contribution is 2.20. The van der Waals surface area contributed by atoms with Crippen LogP contribution in [-0.4, -0.2) is 34.7 Å². The lowest BCUT2D eigenvalue weighted by Crippen LogP contribution is -2.30. The number of carbonyl (C=O) groups excluding carboxylic acids is 1. The molecule has 1 aromatic rings. The van der Waals surface area contributed by atoms with Crippen molar-refractivity contribution in [2.75, 3.05) is 6.54 Å². The molecule has 94 valence electrons. The lowest BCUT2D eigenvalue weighted by Gasteiger charge is -2.06. The highest BCUT2D eigenvalue weighted by molar-refractivity contribution is 7.12. The predicted molar refractivity (Wildman–Crippen MR) is 64.4 cm³/mol. The summed E-state index contributed by atoms with van der Waals surface area (Å²) in [6, 6.07) is 1.79. The first-order valence-corrected chi connectivity index (χ1v) is 5.99. The van der Waals surface area contributed by atoms with Gasteiger partial charge in [-0.25, -0.2) is 4.79 Å². The number of amides is 1. The van der Waals surface area contributed by atoms with Crippen molar-refractivity contribution in [2.45, 2.75) is 26.4 Å². The largest absolute Gasteiger partial charge is 0.479 e. The fraction of sp³-hybridized carbons (Fsp3) is 0.455. The number of hydrogen-bond acceptors (Lipinski definition) is 4. The van der Waals surface area contributed by atoms with Gasteiger partial charge >= 0.3 is 5.97 Å². The van der Waals surface area contributed by atoms with Gasteiger partial charge in [-0.15, -0.1) is 11.3 Å². The van der Waals surface area contributed by atoms with E-state index in [0.717, 1.165) is 9.75 Å². The normalized spacial score (nSPS) is 12.2. The molecule has 0 radical (unpaired) electrons. The topological polar surface area (TPSA) is 86.6 Å². The number of aliphatic carboxylic acids is 1. The Kier molecular flexibility index (Phi) is 4.65. The number of thiophene rings is 1. The summed E-state index contributed by atoms with van der Waals surface area (Å²) in [7, 11) is 0. The average Bonchev–Trinajstić information content (AvgIpc) is 2.57.